The first-order valence-corrected chi connectivity index (χ1v) is 11.3. The standard InChI is InChI=1S/C25H28O10/c1-13(2)33-22(27)25(10-11-25)12-32-20-17(14-4-3-5-16-15(14)6-8-18(16)26)7-9-19(34-23(28)29)21(20)35-24(30)31/h3-5,7,9,13,23-24,28-31H,6,8,10-12H2,1-2H3. The summed E-state index contributed by atoms with van der Waals surface area (Å²) in [4.78, 5) is 24.9. The average Bonchev–Trinajstić information content (AvgIpc) is 3.49. The molecule has 0 amide bonds. The van der Waals surface area contributed by atoms with Gasteiger partial charge in [0.25, 0.3) is 0 Å². The van der Waals surface area contributed by atoms with E-state index >= 15 is 0 Å². The molecule has 2 aliphatic carbocycles. The predicted octanol–water partition coefficient (Wildman–Crippen LogP) is 1.89. The van der Waals surface area contributed by atoms with Gasteiger partial charge in [0.05, 0.1) is 6.10 Å². The summed E-state index contributed by atoms with van der Waals surface area (Å²) >= 11 is 0. The van der Waals surface area contributed by atoms with Crippen molar-refractivity contribution < 1.29 is 49.0 Å². The molecule has 0 unspecified atom stereocenters. The minimum absolute atomic E-state index is 0.00683. The second-order valence-electron chi connectivity index (χ2n) is 8.94. The van der Waals surface area contributed by atoms with E-state index in [1.54, 1.807) is 38.1 Å². The van der Waals surface area contributed by atoms with Crippen LogP contribution in [0.15, 0.2) is 30.3 Å². The molecule has 0 aliphatic heterocycles. The van der Waals surface area contributed by atoms with E-state index in [0.29, 0.717) is 42.4 Å². The van der Waals surface area contributed by atoms with Crippen LogP contribution in [0, 0.1) is 5.41 Å². The minimum atomic E-state index is -2.28. The maximum absolute atomic E-state index is 12.6. The number of fused-ring (bicyclic) bond motifs is 1. The molecule has 1 fully saturated rings. The van der Waals surface area contributed by atoms with Gasteiger partial charge in [0.1, 0.15) is 12.0 Å². The first-order valence-electron chi connectivity index (χ1n) is 11.3. The molecule has 4 N–H and O–H groups in total. The van der Waals surface area contributed by atoms with Crippen LogP contribution in [0.2, 0.25) is 0 Å². The van der Waals surface area contributed by atoms with Crippen LogP contribution in [0.1, 0.15) is 49.0 Å². The molecule has 1 saturated carbocycles. The zero-order chi connectivity index (χ0) is 25.3. The molecule has 188 valence electrons. The molecule has 10 nitrogen and oxygen atoms in total. The van der Waals surface area contributed by atoms with Crippen molar-refractivity contribution in [2.45, 2.75) is 58.6 Å². The van der Waals surface area contributed by atoms with Gasteiger partial charge >= 0.3 is 18.9 Å². The lowest BCUT2D eigenvalue weighted by molar-refractivity contribution is -0.193. The van der Waals surface area contributed by atoms with Gasteiger partial charge in [-0.1, -0.05) is 18.2 Å². The van der Waals surface area contributed by atoms with Crippen LogP contribution in [0.4, 0.5) is 0 Å². The normalized spacial score (nSPS) is 16.0. The van der Waals surface area contributed by atoms with Crippen molar-refractivity contribution in [3.05, 3.63) is 41.5 Å². The van der Waals surface area contributed by atoms with Gasteiger partial charge in [-0.15, -0.1) is 0 Å². The topological polar surface area (TPSA) is 152 Å². The van der Waals surface area contributed by atoms with Crippen LogP contribution in [-0.2, 0) is 16.0 Å². The summed E-state index contributed by atoms with van der Waals surface area (Å²) in [5.74, 6) is -0.926. The second kappa shape index (κ2) is 9.82. The Labute approximate surface area is 201 Å². The van der Waals surface area contributed by atoms with Crippen LogP contribution in [0.25, 0.3) is 11.1 Å². The fourth-order valence-corrected chi connectivity index (χ4v) is 4.17. The van der Waals surface area contributed by atoms with Gasteiger partial charge in [-0.05, 0) is 56.4 Å². The second-order valence-corrected chi connectivity index (χ2v) is 8.94. The summed E-state index contributed by atoms with van der Waals surface area (Å²) in [5.41, 5.74) is 1.63. The Morgan fingerprint density at radius 2 is 1.60 bits per heavy atom. The van der Waals surface area contributed by atoms with E-state index in [9.17, 15) is 30.0 Å². The van der Waals surface area contributed by atoms with E-state index in [1.165, 1.54) is 6.07 Å². The van der Waals surface area contributed by atoms with E-state index in [-0.39, 0.29) is 35.7 Å². The fraction of sp³-hybridized carbons (Fsp3) is 0.440. The number of hydrogen-bond acceptors (Lipinski definition) is 10. The van der Waals surface area contributed by atoms with E-state index < -0.39 is 24.3 Å². The SMILES string of the molecule is CC(C)OC(=O)C1(COc2c(-c3cccc4c3CCC4=O)ccc(OC(O)O)c2OC(O)O)CC1. The average molecular weight is 488 g/mol. The lowest BCUT2D eigenvalue weighted by Crippen LogP contribution is -2.28. The third-order valence-electron chi connectivity index (χ3n) is 6.02. The molecule has 2 aromatic carbocycles. The number of Topliss-reactive ketones (excluding diaryl/α,β-unsaturated/α-hetero) is 1. The van der Waals surface area contributed by atoms with Gasteiger partial charge < -0.3 is 39.4 Å². The molecule has 0 radical (unpaired) electrons. The van der Waals surface area contributed by atoms with Gasteiger partial charge in [0.15, 0.2) is 17.3 Å². The highest BCUT2D eigenvalue weighted by Crippen LogP contribution is 2.51. The van der Waals surface area contributed by atoms with E-state index in [0.717, 1.165) is 5.56 Å². The van der Waals surface area contributed by atoms with E-state index in [1.807, 2.05) is 0 Å². The first kappa shape index (κ1) is 24.9. The van der Waals surface area contributed by atoms with Crippen molar-refractivity contribution in [1.82, 2.24) is 0 Å². The summed E-state index contributed by atoms with van der Waals surface area (Å²) in [6, 6.07) is 8.20. The molecule has 35 heavy (non-hydrogen) atoms. The molecule has 4 rings (SSSR count). The quantitative estimate of drug-likeness (QED) is 0.288. The Balaban J connectivity index is 1.80. The summed E-state index contributed by atoms with van der Waals surface area (Å²) in [5, 5.41) is 37.8. The summed E-state index contributed by atoms with van der Waals surface area (Å²) in [6.07, 6.45) is 1.68. The van der Waals surface area contributed by atoms with E-state index in [4.69, 9.17) is 18.9 Å². The third kappa shape index (κ3) is 5.25. The number of benzene rings is 2. The number of carbonyl (C=O) groups is 2. The summed E-state index contributed by atoms with van der Waals surface area (Å²) in [7, 11) is 0. The van der Waals surface area contributed by atoms with Crippen molar-refractivity contribution in [3.8, 4) is 28.4 Å². The molecule has 2 aliphatic rings. The lowest BCUT2D eigenvalue weighted by Gasteiger charge is -2.23. The molecular formula is C25H28O10. The maximum atomic E-state index is 12.6. The molecule has 0 saturated heterocycles. The first-order chi connectivity index (χ1) is 16.6. The van der Waals surface area contributed by atoms with Crippen molar-refractivity contribution in [2.24, 2.45) is 5.41 Å². The highest BCUT2D eigenvalue weighted by molar-refractivity contribution is 6.02. The van der Waals surface area contributed by atoms with Crippen LogP contribution < -0.4 is 14.2 Å². The molecule has 0 heterocycles. The molecule has 0 spiro atoms. The van der Waals surface area contributed by atoms with Gasteiger partial charge in [-0.3, -0.25) is 9.59 Å². The number of esters is 1. The van der Waals surface area contributed by atoms with Crippen molar-refractivity contribution in [2.75, 3.05) is 6.61 Å². The molecular weight excluding hydrogens is 460 g/mol. The van der Waals surface area contributed by atoms with Crippen LogP contribution in [0.5, 0.6) is 17.2 Å². The minimum Gasteiger partial charge on any atom is -0.488 e. The third-order valence-corrected chi connectivity index (χ3v) is 6.02. The molecule has 2 aromatic rings. The molecule has 0 bridgehead atoms. The number of aliphatic hydroxyl groups is 4. The number of rotatable bonds is 10. The predicted molar refractivity (Wildman–Crippen MR) is 121 cm³/mol. The van der Waals surface area contributed by atoms with Crippen molar-refractivity contribution in [3.63, 3.8) is 0 Å². The lowest BCUT2D eigenvalue weighted by atomic mass is 9.95. The van der Waals surface area contributed by atoms with Crippen molar-refractivity contribution in [1.29, 1.82) is 0 Å². The van der Waals surface area contributed by atoms with Gasteiger partial charge in [0, 0.05) is 17.5 Å². The van der Waals surface area contributed by atoms with Crippen LogP contribution in [0.3, 0.4) is 0 Å². The Hall–Kier alpha value is -3.18. The highest BCUT2D eigenvalue weighted by atomic mass is 16.8. The largest absolute Gasteiger partial charge is 0.488 e. The van der Waals surface area contributed by atoms with Gasteiger partial charge in [0.2, 0.25) is 5.75 Å². The van der Waals surface area contributed by atoms with Gasteiger partial charge in [-0.25, -0.2) is 0 Å². The molecule has 10 heteroatoms. The number of aliphatic hydroxyl groups excluding tert-OH is 2. The maximum Gasteiger partial charge on any atom is 0.315 e. The number of carbonyl (C=O) groups excluding carboxylic acids is 2. The zero-order valence-corrected chi connectivity index (χ0v) is 19.4. The van der Waals surface area contributed by atoms with E-state index in [2.05, 4.69) is 0 Å². The number of hydrogen-bond donors (Lipinski definition) is 4. The van der Waals surface area contributed by atoms with Gasteiger partial charge in [-0.2, -0.15) is 0 Å². The number of ketones is 1. The van der Waals surface area contributed by atoms with Crippen molar-refractivity contribution >= 4 is 11.8 Å². The zero-order valence-electron chi connectivity index (χ0n) is 19.4. The Morgan fingerprint density at radius 1 is 0.914 bits per heavy atom. The van der Waals surface area contributed by atoms with Crippen LogP contribution >= 0.6 is 0 Å². The fourth-order valence-electron chi connectivity index (χ4n) is 4.17. The Morgan fingerprint density at radius 3 is 2.23 bits per heavy atom. The number of ether oxygens (including phenoxy) is 4. The monoisotopic (exact) mass is 488 g/mol. The summed E-state index contributed by atoms with van der Waals surface area (Å²) in [6.45, 7) is -1.10. The highest BCUT2D eigenvalue weighted by Gasteiger charge is 2.53. The summed E-state index contributed by atoms with van der Waals surface area (Å²) < 4.78 is 21.6. The Kier molecular flexibility index (Phi) is 7.00. The Bertz CT molecular complexity index is 1120. The molecule has 0 aromatic heterocycles. The van der Waals surface area contributed by atoms with Crippen LogP contribution in [-0.4, -0.2) is 57.8 Å². The molecule has 0 atom stereocenters. The smallest absolute Gasteiger partial charge is 0.315 e.